The minimum absolute atomic E-state index is 0.164. The van der Waals surface area contributed by atoms with Crippen LogP contribution in [-0.2, 0) is 13.0 Å². The first-order valence-corrected chi connectivity index (χ1v) is 6.65. The van der Waals surface area contributed by atoms with Gasteiger partial charge in [0.2, 0.25) is 0 Å². The zero-order valence-electron chi connectivity index (χ0n) is 11.8. The number of anilines is 1. The van der Waals surface area contributed by atoms with E-state index in [2.05, 4.69) is 24.0 Å². The lowest BCUT2D eigenvalue weighted by atomic mass is 10.1. The first kappa shape index (κ1) is 14.1. The van der Waals surface area contributed by atoms with E-state index in [0.717, 1.165) is 12.0 Å². The van der Waals surface area contributed by atoms with Crippen molar-refractivity contribution < 1.29 is 4.79 Å². The smallest absolute Gasteiger partial charge is 0.274 e. The molecule has 0 bridgehead atoms. The molecule has 0 unspecified atom stereocenters. The summed E-state index contributed by atoms with van der Waals surface area (Å²) in [5.41, 5.74) is 8.87. The highest BCUT2D eigenvalue weighted by Crippen LogP contribution is 2.12. The molecule has 4 nitrogen and oxygen atoms in total. The Morgan fingerprint density at radius 1 is 1.20 bits per heavy atom. The number of nitrogens with two attached hydrogens (primary N) is 1. The number of benzene rings is 1. The highest BCUT2D eigenvalue weighted by Gasteiger charge is 2.15. The molecule has 0 spiro atoms. The highest BCUT2D eigenvalue weighted by atomic mass is 16.2. The van der Waals surface area contributed by atoms with Crippen LogP contribution in [0.1, 0.15) is 28.5 Å². The van der Waals surface area contributed by atoms with Crippen LogP contribution in [0.5, 0.6) is 0 Å². The minimum atomic E-state index is -0.164. The van der Waals surface area contributed by atoms with E-state index >= 15 is 0 Å². The van der Waals surface area contributed by atoms with Gasteiger partial charge in [-0.1, -0.05) is 31.2 Å². The number of aromatic nitrogens is 1. The van der Waals surface area contributed by atoms with Crippen LogP contribution >= 0.6 is 0 Å². The Kier molecular flexibility index (Phi) is 4.35. The number of nitrogen functional groups attached to an aromatic ring is 1. The van der Waals surface area contributed by atoms with Gasteiger partial charge in [0.25, 0.3) is 5.91 Å². The molecule has 0 fully saturated rings. The lowest BCUT2D eigenvalue weighted by Gasteiger charge is -2.17. The van der Waals surface area contributed by atoms with Crippen molar-refractivity contribution >= 4 is 11.6 Å². The molecule has 2 aromatic rings. The van der Waals surface area contributed by atoms with Gasteiger partial charge in [0.1, 0.15) is 0 Å². The molecule has 1 heterocycles. The van der Waals surface area contributed by atoms with Gasteiger partial charge in [-0.05, 0) is 29.7 Å². The third-order valence-corrected chi connectivity index (χ3v) is 3.24. The van der Waals surface area contributed by atoms with E-state index in [-0.39, 0.29) is 5.91 Å². The Bertz CT molecular complexity index is 593. The van der Waals surface area contributed by atoms with Crippen molar-refractivity contribution in [1.29, 1.82) is 0 Å². The number of carbonyl (C=O) groups is 1. The normalized spacial score (nSPS) is 10.3. The fourth-order valence-corrected chi connectivity index (χ4v) is 2.00. The summed E-state index contributed by atoms with van der Waals surface area (Å²) in [4.78, 5) is 18.0. The summed E-state index contributed by atoms with van der Waals surface area (Å²) in [6.07, 6.45) is 2.59. The van der Waals surface area contributed by atoms with Crippen LogP contribution < -0.4 is 5.73 Å². The van der Waals surface area contributed by atoms with E-state index < -0.39 is 0 Å². The van der Waals surface area contributed by atoms with Crippen molar-refractivity contribution in [3.8, 4) is 0 Å². The third kappa shape index (κ3) is 3.15. The second-order valence-corrected chi connectivity index (χ2v) is 4.77. The van der Waals surface area contributed by atoms with Gasteiger partial charge in [-0.25, -0.2) is 4.98 Å². The largest absolute Gasteiger partial charge is 0.397 e. The van der Waals surface area contributed by atoms with Gasteiger partial charge in [0, 0.05) is 19.8 Å². The van der Waals surface area contributed by atoms with Crippen molar-refractivity contribution in [2.24, 2.45) is 0 Å². The number of nitrogens with zero attached hydrogens (tertiary/aromatic N) is 2. The molecule has 2 rings (SSSR count). The first-order valence-electron chi connectivity index (χ1n) is 6.65. The number of aryl methyl sites for hydroxylation is 1. The molecule has 1 aromatic carbocycles. The van der Waals surface area contributed by atoms with E-state index in [4.69, 9.17) is 5.73 Å². The van der Waals surface area contributed by atoms with Gasteiger partial charge in [-0.2, -0.15) is 0 Å². The molecule has 0 aliphatic heterocycles. The summed E-state index contributed by atoms with van der Waals surface area (Å²) in [5, 5.41) is 0. The van der Waals surface area contributed by atoms with E-state index in [1.165, 1.54) is 5.56 Å². The third-order valence-electron chi connectivity index (χ3n) is 3.24. The highest BCUT2D eigenvalue weighted by molar-refractivity contribution is 5.96. The zero-order chi connectivity index (χ0) is 14.5. The molecule has 0 aliphatic rings. The Morgan fingerprint density at radius 3 is 2.45 bits per heavy atom. The molecule has 0 aliphatic carbocycles. The Labute approximate surface area is 119 Å². The summed E-state index contributed by atoms with van der Waals surface area (Å²) >= 11 is 0. The summed E-state index contributed by atoms with van der Waals surface area (Å²) in [5.74, 6) is -0.164. The fraction of sp³-hybridized carbons (Fsp3) is 0.250. The van der Waals surface area contributed by atoms with Crippen molar-refractivity contribution in [2.75, 3.05) is 12.8 Å². The SMILES string of the molecule is CCc1ccc(CN(C)C(=O)c2ncccc2N)cc1. The Balaban J connectivity index is 2.09. The summed E-state index contributed by atoms with van der Waals surface area (Å²) in [6, 6.07) is 11.7. The maximum atomic E-state index is 12.3. The molecule has 20 heavy (non-hydrogen) atoms. The van der Waals surface area contributed by atoms with Crippen LogP contribution in [0.25, 0.3) is 0 Å². The summed E-state index contributed by atoms with van der Waals surface area (Å²) < 4.78 is 0. The Morgan fingerprint density at radius 2 is 1.85 bits per heavy atom. The molecule has 4 heteroatoms. The molecule has 1 aromatic heterocycles. The average molecular weight is 269 g/mol. The lowest BCUT2D eigenvalue weighted by Crippen LogP contribution is -2.27. The topological polar surface area (TPSA) is 59.2 Å². The first-order chi connectivity index (χ1) is 9.61. The van der Waals surface area contributed by atoms with Crippen molar-refractivity contribution in [3.05, 3.63) is 59.4 Å². The van der Waals surface area contributed by atoms with Gasteiger partial charge in [0.05, 0.1) is 5.69 Å². The molecule has 0 radical (unpaired) electrons. The second-order valence-electron chi connectivity index (χ2n) is 4.77. The molecule has 0 saturated heterocycles. The van der Waals surface area contributed by atoms with Gasteiger partial charge in [0.15, 0.2) is 5.69 Å². The number of pyridine rings is 1. The summed E-state index contributed by atoms with van der Waals surface area (Å²) in [6.45, 7) is 2.66. The van der Waals surface area contributed by atoms with E-state index in [0.29, 0.717) is 17.9 Å². The monoisotopic (exact) mass is 269 g/mol. The van der Waals surface area contributed by atoms with Gasteiger partial charge in [-0.15, -0.1) is 0 Å². The van der Waals surface area contributed by atoms with Crippen molar-refractivity contribution in [2.45, 2.75) is 19.9 Å². The standard InChI is InChI=1S/C16H19N3O/c1-3-12-6-8-13(9-7-12)11-19(2)16(20)15-14(17)5-4-10-18-15/h4-10H,3,11,17H2,1-2H3. The van der Waals surface area contributed by atoms with Crippen molar-refractivity contribution in [3.63, 3.8) is 0 Å². The van der Waals surface area contributed by atoms with Gasteiger partial charge >= 0.3 is 0 Å². The number of amides is 1. The minimum Gasteiger partial charge on any atom is -0.397 e. The predicted molar refractivity (Wildman–Crippen MR) is 80.3 cm³/mol. The number of hydrogen-bond donors (Lipinski definition) is 1. The van der Waals surface area contributed by atoms with Crippen LogP contribution in [-0.4, -0.2) is 22.8 Å². The molecule has 0 atom stereocenters. The Hall–Kier alpha value is -2.36. The van der Waals surface area contributed by atoms with Crippen LogP contribution in [0, 0.1) is 0 Å². The molecule has 104 valence electrons. The van der Waals surface area contributed by atoms with Crippen LogP contribution in [0.4, 0.5) is 5.69 Å². The average Bonchev–Trinajstić information content (AvgIpc) is 2.48. The molecule has 1 amide bonds. The van der Waals surface area contributed by atoms with Crippen LogP contribution in [0.3, 0.4) is 0 Å². The predicted octanol–water partition coefficient (Wildman–Crippen LogP) is 2.50. The maximum absolute atomic E-state index is 12.3. The molecule has 0 saturated carbocycles. The van der Waals surface area contributed by atoms with Gasteiger partial charge in [-0.3, -0.25) is 4.79 Å². The van der Waals surface area contributed by atoms with Crippen LogP contribution in [0.15, 0.2) is 42.6 Å². The quantitative estimate of drug-likeness (QED) is 0.927. The fourth-order valence-electron chi connectivity index (χ4n) is 2.00. The summed E-state index contributed by atoms with van der Waals surface area (Å²) in [7, 11) is 1.75. The van der Waals surface area contributed by atoms with E-state index in [9.17, 15) is 4.79 Å². The van der Waals surface area contributed by atoms with Crippen molar-refractivity contribution in [1.82, 2.24) is 9.88 Å². The molecular weight excluding hydrogens is 250 g/mol. The van der Waals surface area contributed by atoms with Crippen LogP contribution in [0.2, 0.25) is 0 Å². The lowest BCUT2D eigenvalue weighted by molar-refractivity contribution is 0.0780. The molecule has 2 N–H and O–H groups in total. The number of carbonyl (C=O) groups excluding carboxylic acids is 1. The maximum Gasteiger partial charge on any atom is 0.274 e. The second kappa shape index (κ2) is 6.19. The van der Waals surface area contributed by atoms with E-state index in [1.807, 2.05) is 12.1 Å². The number of hydrogen-bond acceptors (Lipinski definition) is 3. The molecular formula is C16H19N3O. The van der Waals surface area contributed by atoms with Gasteiger partial charge < -0.3 is 10.6 Å². The zero-order valence-corrected chi connectivity index (χ0v) is 11.8. The number of rotatable bonds is 4. The van der Waals surface area contributed by atoms with E-state index in [1.54, 1.807) is 30.3 Å².